The molecule has 2 heterocycles. The van der Waals surface area contributed by atoms with Crippen LogP contribution in [0.3, 0.4) is 0 Å². The van der Waals surface area contributed by atoms with Crippen LogP contribution >= 0.6 is 11.3 Å². The van der Waals surface area contributed by atoms with Gasteiger partial charge in [-0.1, -0.05) is 12.3 Å². The van der Waals surface area contributed by atoms with Crippen LogP contribution in [-0.2, 0) is 0 Å². The van der Waals surface area contributed by atoms with Crippen LogP contribution in [0.2, 0.25) is 0 Å². The quantitative estimate of drug-likeness (QED) is 0.719. The number of nitrogens with one attached hydrogen (secondary N) is 2. The van der Waals surface area contributed by atoms with Gasteiger partial charge in [-0.15, -0.1) is 21.5 Å². The molecule has 0 amide bonds. The number of H-pyrrole nitrogens is 1. The third kappa shape index (κ3) is 2.88. The Kier molecular flexibility index (Phi) is 3.97. The number of aromatic amines is 1. The van der Waals surface area contributed by atoms with Crippen LogP contribution in [0.1, 0.15) is 41.4 Å². The predicted molar refractivity (Wildman–Crippen MR) is 93.8 cm³/mol. The van der Waals surface area contributed by atoms with Crippen molar-refractivity contribution >= 4 is 17.0 Å². The zero-order chi connectivity index (χ0) is 16.4. The first kappa shape index (κ1) is 14.8. The van der Waals surface area contributed by atoms with Crippen LogP contribution in [-0.4, -0.2) is 32.7 Å². The normalized spacial score (nSPS) is 13.9. The first-order valence-corrected chi connectivity index (χ1v) is 8.74. The molecule has 6 nitrogen and oxygen atoms in total. The van der Waals surface area contributed by atoms with Crippen molar-refractivity contribution in [3.63, 3.8) is 0 Å². The third-order valence-electron chi connectivity index (χ3n) is 4.23. The van der Waals surface area contributed by atoms with Gasteiger partial charge in [-0.2, -0.15) is 5.21 Å². The van der Waals surface area contributed by atoms with Crippen LogP contribution in [0.5, 0.6) is 0 Å². The number of anilines is 1. The SMILES string of the molecule is CNc1ccc(C#Cc2nc(C3CCC3)cs2)cc1-c1nn[nH]n1. The van der Waals surface area contributed by atoms with Crippen LogP contribution in [0, 0.1) is 11.8 Å². The van der Waals surface area contributed by atoms with Gasteiger partial charge in [-0.05, 0) is 42.2 Å². The lowest BCUT2D eigenvalue weighted by Gasteiger charge is -2.22. The summed E-state index contributed by atoms with van der Waals surface area (Å²) < 4.78 is 0. The van der Waals surface area contributed by atoms with E-state index < -0.39 is 0 Å². The summed E-state index contributed by atoms with van der Waals surface area (Å²) in [4.78, 5) is 4.65. The highest BCUT2D eigenvalue weighted by Gasteiger charge is 2.21. The van der Waals surface area contributed by atoms with Crippen molar-refractivity contribution in [2.24, 2.45) is 0 Å². The molecule has 0 radical (unpaired) electrons. The minimum absolute atomic E-state index is 0.546. The molecule has 1 saturated carbocycles. The van der Waals surface area contributed by atoms with E-state index in [4.69, 9.17) is 0 Å². The highest BCUT2D eigenvalue weighted by atomic mass is 32.1. The molecule has 3 aromatic rings. The Hall–Kier alpha value is -2.72. The van der Waals surface area contributed by atoms with E-state index in [9.17, 15) is 0 Å². The predicted octanol–water partition coefficient (Wildman–Crippen LogP) is 3.03. The lowest BCUT2D eigenvalue weighted by Crippen LogP contribution is -2.08. The summed E-state index contributed by atoms with van der Waals surface area (Å²) in [6, 6.07) is 5.91. The summed E-state index contributed by atoms with van der Waals surface area (Å²) in [5, 5.41) is 20.3. The van der Waals surface area contributed by atoms with Crippen molar-refractivity contribution in [3.8, 4) is 23.2 Å². The van der Waals surface area contributed by atoms with E-state index in [1.54, 1.807) is 11.3 Å². The number of rotatable bonds is 3. The summed E-state index contributed by atoms with van der Waals surface area (Å²) in [6.07, 6.45) is 3.84. The number of aromatic nitrogens is 5. The molecule has 0 unspecified atom stereocenters. The highest BCUT2D eigenvalue weighted by Crippen LogP contribution is 2.36. The maximum Gasteiger partial charge on any atom is 0.206 e. The van der Waals surface area contributed by atoms with E-state index in [1.807, 2.05) is 25.2 Å². The lowest BCUT2D eigenvalue weighted by atomic mass is 9.83. The van der Waals surface area contributed by atoms with Crippen LogP contribution < -0.4 is 5.32 Å². The van der Waals surface area contributed by atoms with Gasteiger partial charge in [-0.25, -0.2) is 4.98 Å². The zero-order valence-electron chi connectivity index (χ0n) is 13.2. The van der Waals surface area contributed by atoms with Gasteiger partial charge in [0.05, 0.1) is 5.69 Å². The number of tetrazole rings is 1. The molecule has 1 aliphatic rings. The van der Waals surface area contributed by atoms with Crippen molar-refractivity contribution < 1.29 is 0 Å². The van der Waals surface area contributed by atoms with E-state index in [0.29, 0.717) is 11.7 Å². The molecule has 1 aliphatic carbocycles. The number of benzene rings is 1. The average molecular weight is 336 g/mol. The monoisotopic (exact) mass is 336 g/mol. The fraction of sp³-hybridized carbons (Fsp3) is 0.294. The van der Waals surface area contributed by atoms with Gasteiger partial charge in [0.2, 0.25) is 5.82 Å². The Morgan fingerprint density at radius 1 is 1.29 bits per heavy atom. The first-order valence-electron chi connectivity index (χ1n) is 7.86. The molecular weight excluding hydrogens is 320 g/mol. The Morgan fingerprint density at radius 3 is 2.92 bits per heavy atom. The van der Waals surface area contributed by atoms with E-state index in [0.717, 1.165) is 21.8 Å². The van der Waals surface area contributed by atoms with E-state index in [-0.39, 0.29) is 0 Å². The van der Waals surface area contributed by atoms with Gasteiger partial charge < -0.3 is 5.32 Å². The second-order valence-electron chi connectivity index (χ2n) is 5.70. The third-order valence-corrected chi connectivity index (χ3v) is 5.01. The van der Waals surface area contributed by atoms with Crippen LogP contribution in [0.4, 0.5) is 5.69 Å². The molecule has 120 valence electrons. The van der Waals surface area contributed by atoms with Gasteiger partial charge in [0.15, 0.2) is 5.01 Å². The van der Waals surface area contributed by atoms with Crippen molar-refractivity contribution in [1.82, 2.24) is 25.6 Å². The largest absolute Gasteiger partial charge is 0.388 e. The van der Waals surface area contributed by atoms with Crippen molar-refractivity contribution in [3.05, 3.63) is 39.8 Å². The first-order chi connectivity index (χ1) is 11.8. The fourth-order valence-electron chi connectivity index (χ4n) is 2.66. The minimum atomic E-state index is 0.546. The molecule has 2 N–H and O–H groups in total. The standard InChI is InChI=1S/C17H16N6S/c1-18-14-7-5-11(9-13(14)17-20-22-23-21-17)6-8-16-19-15(10-24-16)12-3-2-4-12/h5,7,9-10,12,18H,2-4H2,1H3,(H,20,21,22,23). The summed E-state index contributed by atoms with van der Waals surface area (Å²) >= 11 is 1.62. The Labute approximate surface area is 143 Å². The molecule has 2 aromatic heterocycles. The highest BCUT2D eigenvalue weighted by molar-refractivity contribution is 7.10. The van der Waals surface area contributed by atoms with E-state index in [2.05, 4.69) is 48.1 Å². The Morgan fingerprint density at radius 2 is 2.21 bits per heavy atom. The van der Waals surface area contributed by atoms with Crippen molar-refractivity contribution in [2.45, 2.75) is 25.2 Å². The summed E-state index contributed by atoms with van der Waals surface area (Å²) in [5.41, 5.74) is 3.90. The van der Waals surface area contributed by atoms with Crippen LogP contribution in [0.25, 0.3) is 11.4 Å². The maximum atomic E-state index is 4.65. The fourth-order valence-corrected chi connectivity index (χ4v) is 3.41. The lowest BCUT2D eigenvalue weighted by molar-refractivity contribution is 0.412. The molecule has 1 fully saturated rings. The van der Waals surface area contributed by atoms with Gasteiger partial charge in [-0.3, -0.25) is 0 Å². The zero-order valence-corrected chi connectivity index (χ0v) is 14.0. The average Bonchev–Trinajstić information content (AvgIpc) is 3.23. The second kappa shape index (κ2) is 6.42. The van der Waals surface area contributed by atoms with E-state index in [1.165, 1.54) is 25.0 Å². The van der Waals surface area contributed by atoms with Crippen LogP contribution in [0.15, 0.2) is 23.6 Å². The molecule has 4 rings (SSSR count). The summed E-state index contributed by atoms with van der Waals surface area (Å²) in [7, 11) is 1.86. The van der Waals surface area contributed by atoms with Crippen molar-refractivity contribution in [2.75, 3.05) is 12.4 Å². The topological polar surface area (TPSA) is 79.4 Å². The second-order valence-corrected chi connectivity index (χ2v) is 6.56. The molecule has 0 saturated heterocycles. The number of nitrogens with zero attached hydrogens (tertiary/aromatic N) is 4. The minimum Gasteiger partial charge on any atom is -0.388 e. The van der Waals surface area contributed by atoms with Gasteiger partial charge in [0.1, 0.15) is 0 Å². The number of thiazole rings is 1. The molecule has 7 heteroatoms. The van der Waals surface area contributed by atoms with Gasteiger partial charge >= 0.3 is 0 Å². The molecule has 0 spiro atoms. The Bertz CT molecular complexity index is 899. The summed E-state index contributed by atoms with van der Waals surface area (Å²) in [6.45, 7) is 0. The molecular formula is C17H16N6S. The molecule has 0 bridgehead atoms. The van der Waals surface area contributed by atoms with Gasteiger partial charge in [0, 0.05) is 35.2 Å². The molecule has 0 aliphatic heterocycles. The van der Waals surface area contributed by atoms with Gasteiger partial charge in [0.25, 0.3) is 0 Å². The maximum absolute atomic E-state index is 4.65. The Balaban J connectivity index is 1.61. The smallest absolute Gasteiger partial charge is 0.206 e. The molecule has 1 aromatic carbocycles. The van der Waals surface area contributed by atoms with E-state index >= 15 is 0 Å². The van der Waals surface area contributed by atoms with Crippen molar-refractivity contribution in [1.29, 1.82) is 0 Å². The summed E-state index contributed by atoms with van der Waals surface area (Å²) in [5.74, 6) is 7.55. The molecule has 24 heavy (non-hydrogen) atoms. The molecule has 0 atom stereocenters. The number of hydrogen-bond acceptors (Lipinski definition) is 6. The number of hydrogen-bond donors (Lipinski definition) is 2.